The highest BCUT2D eigenvalue weighted by Crippen LogP contribution is 2.45. The molecule has 0 fully saturated rings. The number of ether oxygens (including phenoxy) is 1. The lowest BCUT2D eigenvalue weighted by atomic mass is 9.80. The van der Waals surface area contributed by atoms with Crippen LogP contribution in [0.1, 0.15) is 27.9 Å². The van der Waals surface area contributed by atoms with E-state index in [0.29, 0.717) is 12.0 Å². The molecule has 0 saturated carbocycles. The molecule has 1 amide bonds. The number of hydrogen-bond acceptors (Lipinski definition) is 4. The molecule has 5 heteroatoms. The van der Waals surface area contributed by atoms with Gasteiger partial charge in [-0.15, -0.1) is 0 Å². The number of hydrogen-bond donors (Lipinski definition) is 2. The predicted octanol–water partition coefficient (Wildman–Crippen LogP) is 2.52. The molecule has 0 saturated heterocycles. The molecule has 0 bridgehead atoms. The van der Waals surface area contributed by atoms with Crippen molar-refractivity contribution in [3.05, 3.63) is 77.4 Å². The summed E-state index contributed by atoms with van der Waals surface area (Å²) in [5.74, 6) is -0.506. The normalized spacial score (nSPS) is 23.6. The number of nitrogens with two attached hydrogens (primary N) is 1. The van der Waals surface area contributed by atoms with Crippen molar-refractivity contribution in [2.45, 2.75) is 24.5 Å². The predicted molar refractivity (Wildman–Crippen MR) is 94.0 cm³/mol. The maximum atomic E-state index is 12.5. The fourth-order valence-electron chi connectivity index (χ4n) is 3.48. The maximum absolute atomic E-state index is 12.5. The van der Waals surface area contributed by atoms with Gasteiger partial charge >= 0.3 is 5.97 Å². The molecule has 0 radical (unpaired) electrons. The van der Waals surface area contributed by atoms with Crippen molar-refractivity contribution < 1.29 is 14.3 Å². The minimum Gasteiger partial charge on any atom is -0.457 e. The topological polar surface area (TPSA) is 81.4 Å². The molecular weight excluding hydrogens is 316 g/mol. The van der Waals surface area contributed by atoms with E-state index in [1.165, 1.54) is 0 Å². The van der Waals surface area contributed by atoms with Crippen LogP contribution in [0, 0.1) is 0 Å². The van der Waals surface area contributed by atoms with Crippen LogP contribution in [0.2, 0.25) is 0 Å². The van der Waals surface area contributed by atoms with Crippen LogP contribution in [0.5, 0.6) is 0 Å². The van der Waals surface area contributed by atoms with Crippen LogP contribution in [0.15, 0.2) is 60.7 Å². The van der Waals surface area contributed by atoms with Crippen LogP contribution in [-0.4, -0.2) is 17.9 Å². The third-order valence-electron chi connectivity index (χ3n) is 4.79. The summed E-state index contributed by atoms with van der Waals surface area (Å²) in [5.41, 5.74) is 8.06. The third kappa shape index (κ3) is 2.62. The van der Waals surface area contributed by atoms with Gasteiger partial charge in [0.2, 0.25) is 5.91 Å². The van der Waals surface area contributed by atoms with E-state index in [4.69, 9.17) is 10.5 Å². The number of carbonyl (C=O) groups is 2. The number of fused-ring (bicyclic) bond motifs is 2. The quantitative estimate of drug-likeness (QED) is 0.667. The summed E-state index contributed by atoms with van der Waals surface area (Å²) >= 11 is 0. The Kier molecular flexibility index (Phi) is 3.66. The zero-order valence-corrected chi connectivity index (χ0v) is 13.6. The van der Waals surface area contributed by atoms with Gasteiger partial charge in [-0.3, -0.25) is 4.79 Å². The molecule has 4 rings (SSSR count). The van der Waals surface area contributed by atoms with E-state index in [0.717, 1.165) is 16.8 Å². The minimum atomic E-state index is -0.773. The lowest BCUT2D eigenvalue weighted by molar-refractivity contribution is -0.119. The summed E-state index contributed by atoms with van der Waals surface area (Å²) in [5, 5.41) is 2.88. The summed E-state index contributed by atoms with van der Waals surface area (Å²) in [4.78, 5) is 24.9. The first-order valence-corrected chi connectivity index (χ1v) is 8.20. The van der Waals surface area contributed by atoms with E-state index in [1.807, 2.05) is 42.5 Å². The van der Waals surface area contributed by atoms with Crippen molar-refractivity contribution in [3.63, 3.8) is 0 Å². The van der Waals surface area contributed by atoms with Gasteiger partial charge in [0.15, 0.2) is 0 Å². The number of anilines is 1. The van der Waals surface area contributed by atoms with E-state index < -0.39 is 11.4 Å². The Morgan fingerprint density at radius 2 is 2.04 bits per heavy atom. The summed E-state index contributed by atoms with van der Waals surface area (Å²) in [6, 6.07) is 14.5. The molecule has 5 nitrogen and oxygen atoms in total. The van der Waals surface area contributed by atoms with Crippen LogP contribution >= 0.6 is 0 Å². The number of amides is 1. The van der Waals surface area contributed by atoms with E-state index >= 15 is 0 Å². The Labute approximate surface area is 145 Å². The number of rotatable bonds is 3. The lowest BCUT2D eigenvalue weighted by Gasteiger charge is -2.20. The first-order valence-electron chi connectivity index (χ1n) is 8.20. The summed E-state index contributed by atoms with van der Waals surface area (Å²) in [7, 11) is 0. The van der Waals surface area contributed by atoms with Crippen molar-refractivity contribution in [2.75, 3.05) is 5.32 Å². The monoisotopic (exact) mass is 334 g/mol. The second-order valence-corrected chi connectivity index (χ2v) is 6.47. The number of esters is 1. The van der Waals surface area contributed by atoms with Gasteiger partial charge in [-0.25, -0.2) is 4.79 Å². The highest BCUT2D eigenvalue weighted by molar-refractivity contribution is 6.09. The fourth-order valence-corrected chi connectivity index (χ4v) is 3.48. The van der Waals surface area contributed by atoms with Crippen LogP contribution in [-0.2, 0) is 21.6 Å². The first kappa shape index (κ1) is 15.6. The van der Waals surface area contributed by atoms with Crippen LogP contribution in [0.25, 0.3) is 0 Å². The van der Waals surface area contributed by atoms with Gasteiger partial charge in [0, 0.05) is 11.7 Å². The van der Waals surface area contributed by atoms with Crippen LogP contribution in [0.4, 0.5) is 5.69 Å². The zero-order chi connectivity index (χ0) is 17.4. The molecule has 0 aromatic heterocycles. The van der Waals surface area contributed by atoms with Crippen LogP contribution < -0.4 is 11.1 Å². The third-order valence-corrected chi connectivity index (χ3v) is 4.79. The van der Waals surface area contributed by atoms with E-state index in [-0.39, 0.29) is 18.6 Å². The summed E-state index contributed by atoms with van der Waals surface area (Å²) < 4.78 is 5.39. The van der Waals surface area contributed by atoms with Crippen molar-refractivity contribution in [1.29, 1.82) is 0 Å². The second kappa shape index (κ2) is 5.86. The Balaban J connectivity index is 1.58. The Hall–Kier alpha value is -2.92. The molecule has 2 atom stereocenters. The molecule has 2 aromatic carbocycles. The van der Waals surface area contributed by atoms with Gasteiger partial charge < -0.3 is 15.8 Å². The lowest BCUT2D eigenvalue weighted by Crippen LogP contribution is -2.33. The average molecular weight is 334 g/mol. The van der Waals surface area contributed by atoms with Gasteiger partial charge in [-0.05, 0) is 35.7 Å². The van der Waals surface area contributed by atoms with Gasteiger partial charge in [-0.1, -0.05) is 42.5 Å². The van der Waals surface area contributed by atoms with Crippen molar-refractivity contribution >= 4 is 17.6 Å². The smallest absolute Gasteiger partial charge is 0.338 e. The Morgan fingerprint density at radius 1 is 1.24 bits per heavy atom. The molecule has 25 heavy (non-hydrogen) atoms. The zero-order valence-electron chi connectivity index (χ0n) is 13.6. The molecule has 3 N–H and O–H groups in total. The Morgan fingerprint density at radius 3 is 2.76 bits per heavy atom. The highest BCUT2D eigenvalue weighted by Gasteiger charge is 2.48. The van der Waals surface area contributed by atoms with Gasteiger partial charge in [0.1, 0.15) is 6.61 Å². The molecule has 1 spiro atoms. The second-order valence-electron chi connectivity index (χ2n) is 6.47. The van der Waals surface area contributed by atoms with E-state index in [1.54, 1.807) is 18.2 Å². The van der Waals surface area contributed by atoms with Gasteiger partial charge in [-0.2, -0.15) is 0 Å². The van der Waals surface area contributed by atoms with Gasteiger partial charge in [0.05, 0.1) is 11.0 Å². The minimum absolute atomic E-state index is 0.0958. The summed E-state index contributed by atoms with van der Waals surface area (Å²) in [6.45, 7) is 0.212. The maximum Gasteiger partial charge on any atom is 0.338 e. The summed E-state index contributed by atoms with van der Waals surface area (Å²) in [6.07, 6.45) is 4.20. The van der Waals surface area contributed by atoms with E-state index in [9.17, 15) is 9.59 Å². The largest absolute Gasteiger partial charge is 0.457 e. The van der Waals surface area contributed by atoms with Crippen molar-refractivity contribution in [1.82, 2.24) is 0 Å². The standard InChI is InChI=1S/C20H18N2O3/c21-15-8-9-20(11-15)16-10-14(6-7-17(16)22-19(20)24)18(23)25-12-13-4-2-1-3-5-13/h1-10,15H,11-12,21H2,(H,22,24)/t15-,20+/m1/s1. The molecule has 2 aliphatic rings. The molecule has 1 aliphatic heterocycles. The number of benzene rings is 2. The molecule has 2 aromatic rings. The first-order chi connectivity index (χ1) is 12.1. The number of carbonyl (C=O) groups excluding carboxylic acids is 2. The molecule has 1 heterocycles. The van der Waals surface area contributed by atoms with E-state index in [2.05, 4.69) is 5.32 Å². The molecular formula is C20H18N2O3. The van der Waals surface area contributed by atoms with Crippen LogP contribution in [0.3, 0.4) is 0 Å². The van der Waals surface area contributed by atoms with Crippen molar-refractivity contribution in [3.8, 4) is 0 Å². The molecule has 1 aliphatic carbocycles. The average Bonchev–Trinajstić information content (AvgIpc) is 3.15. The highest BCUT2D eigenvalue weighted by atomic mass is 16.5. The number of nitrogens with one attached hydrogen (secondary N) is 1. The SMILES string of the molecule is N[C@@H]1C=C[C@@]2(C1)C(=O)Nc1ccc(C(=O)OCc3ccccc3)cc12. The van der Waals surface area contributed by atoms with Gasteiger partial charge in [0.25, 0.3) is 0 Å². The van der Waals surface area contributed by atoms with Crippen molar-refractivity contribution in [2.24, 2.45) is 5.73 Å². The molecule has 0 unspecified atom stereocenters. The Bertz CT molecular complexity index is 876. The fraction of sp³-hybridized carbons (Fsp3) is 0.200. The molecule has 126 valence electrons.